The maximum absolute atomic E-state index is 12.2. The molecule has 132 valence electrons. The predicted molar refractivity (Wildman–Crippen MR) is 103 cm³/mol. The van der Waals surface area contributed by atoms with Crippen molar-refractivity contribution in [3.63, 3.8) is 0 Å². The first-order valence-electron chi connectivity index (χ1n) is 7.98. The van der Waals surface area contributed by atoms with Gasteiger partial charge in [0.1, 0.15) is 0 Å². The number of anilines is 2. The molecule has 0 aliphatic heterocycles. The Morgan fingerprint density at radius 1 is 1.00 bits per heavy atom. The zero-order valence-electron chi connectivity index (χ0n) is 14.2. The van der Waals surface area contributed by atoms with Gasteiger partial charge in [-0.15, -0.1) is 0 Å². The van der Waals surface area contributed by atoms with Crippen LogP contribution in [0.5, 0.6) is 0 Å². The fourth-order valence-corrected chi connectivity index (χ4v) is 2.98. The molecule has 0 aliphatic rings. The number of hydrogen-bond donors (Lipinski definition) is 2. The molecule has 3 aromatic rings. The number of nitrogens with one attached hydrogen (secondary N) is 2. The minimum Gasteiger partial charge on any atom is -0.329 e. The molecule has 7 heteroatoms. The molecule has 0 saturated heterocycles. The van der Waals surface area contributed by atoms with Crippen molar-refractivity contribution in [2.24, 2.45) is 7.05 Å². The third-order valence-electron chi connectivity index (χ3n) is 3.57. The summed E-state index contributed by atoms with van der Waals surface area (Å²) in [6.45, 7) is 0. The van der Waals surface area contributed by atoms with Crippen LogP contribution in [-0.4, -0.2) is 27.1 Å². The average molecular weight is 366 g/mol. The topological polar surface area (TPSA) is 76.0 Å². The van der Waals surface area contributed by atoms with Crippen LogP contribution >= 0.6 is 11.8 Å². The van der Waals surface area contributed by atoms with Gasteiger partial charge in [0.2, 0.25) is 5.91 Å². The van der Waals surface area contributed by atoms with Crippen LogP contribution in [0.25, 0.3) is 0 Å². The van der Waals surface area contributed by atoms with Crippen LogP contribution in [0.1, 0.15) is 10.4 Å². The monoisotopic (exact) mass is 366 g/mol. The maximum atomic E-state index is 12.2. The Morgan fingerprint density at radius 3 is 2.35 bits per heavy atom. The number of thioether (sulfide) groups is 1. The Balaban J connectivity index is 1.53. The van der Waals surface area contributed by atoms with Crippen LogP contribution in [0.4, 0.5) is 11.4 Å². The number of aryl methyl sites for hydroxylation is 1. The van der Waals surface area contributed by atoms with E-state index in [-0.39, 0.29) is 17.6 Å². The normalized spacial score (nSPS) is 10.3. The molecular weight excluding hydrogens is 348 g/mol. The first-order valence-corrected chi connectivity index (χ1v) is 8.97. The first-order chi connectivity index (χ1) is 12.6. The number of aromatic nitrogens is 2. The van der Waals surface area contributed by atoms with Gasteiger partial charge < -0.3 is 15.2 Å². The van der Waals surface area contributed by atoms with Crippen LogP contribution in [-0.2, 0) is 11.8 Å². The lowest BCUT2D eigenvalue weighted by Crippen LogP contribution is -2.15. The van der Waals surface area contributed by atoms with Crippen LogP contribution in [0, 0.1) is 0 Å². The van der Waals surface area contributed by atoms with Crippen molar-refractivity contribution < 1.29 is 9.59 Å². The molecule has 0 atom stereocenters. The van der Waals surface area contributed by atoms with Crippen LogP contribution in [0.15, 0.2) is 72.1 Å². The molecular formula is C19H18N4O2S. The minimum absolute atomic E-state index is 0.125. The Morgan fingerprint density at radius 2 is 1.69 bits per heavy atom. The van der Waals surface area contributed by atoms with Gasteiger partial charge in [-0.25, -0.2) is 4.98 Å². The number of carbonyl (C=O) groups is 2. The summed E-state index contributed by atoms with van der Waals surface area (Å²) in [5, 5.41) is 6.42. The highest BCUT2D eigenvalue weighted by Gasteiger charge is 2.09. The third kappa shape index (κ3) is 4.73. The third-order valence-corrected chi connectivity index (χ3v) is 4.63. The predicted octanol–water partition coefficient (Wildman–Crippen LogP) is 3.40. The van der Waals surface area contributed by atoms with Gasteiger partial charge in [-0.3, -0.25) is 9.59 Å². The Labute approximate surface area is 155 Å². The number of nitrogens with zero attached hydrogens (tertiary/aromatic N) is 2. The fourth-order valence-electron chi connectivity index (χ4n) is 2.25. The highest BCUT2D eigenvalue weighted by atomic mass is 32.2. The molecule has 0 aliphatic carbocycles. The molecule has 0 bridgehead atoms. The van der Waals surface area contributed by atoms with E-state index in [2.05, 4.69) is 15.6 Å². The van der Waals surface area contributed by atoms with Crippen molar-refractivity contribution in [3.8, 4) is 0 Å². The summed E-state index contributed by atoms with van der Waals surface area (Å²) < 4.78 is 1.86. The molecule has 0 radical (unpaired) electrons. The van der Waals surface area contributed by atoms with E-state index in [1.54, 1.807) is 30.5 Å². The average Bonchev–Trinajstić information content (AvgIpc) is 3.06. The molecule has 6 nitrogen and oxygen atoms in total. The quantitative estimate of drug-likeness (QED) is 0.656. The second-order valence-electron chi connectivity index (χ2n) is 5.56. The van der Waals surface area contributed by atoms with E-state index >= 15 is 0 Å². The molecule has 3 rings (SSSR count). The van der Waals surface area contributed by atoms with Gasteiger partial charge in [0.05, 0.1) is 5.75 Å². The second kappa shape index (κ2) is 8.35. The number of imidazole rings is 1. The summed E-state index contributed by atoms with van der Waals surface area (Å²) in [4.78, 5) is 28.4. The fraction of sp³-hybridized carbons (Fsp3) is 0.105. The van der Waals surface area contributed by atoms with Crippen LogP contribution < -0.4 is 10.6 Å². The van der Waals surface area contributed by atoms with Crippen molar-refractivity contribution >= 4 is 35.0 Å². The number of amides is 2. The lowest BCUT2D eigenvalue weighted by molar-refractivity contribution is -0.113. The summed E-state index contributed by atoms with van der Waals surface area (Å²) in [5.41, 5.74) is 1.90. The molecule has 0 fully saturated rings. The van der Waals surface area contributed by atoms with Crippen molar-refractivity contribution in [2.75, 3.05) is 16.4 Å². The van der Waals surface area contributed by atoms with Crippen LogP contribution in [0.3, 0.4) is 0 Å². The van der Waals surface area contributed by atoms with Gasteiger partial charge in [0.15, 0.2) is 5.16 Å². The van der Waals surface area contributed by atoms with Crippen molar-refractivity contribution in [3.05, 3.63) is 72.6 Å². The van der Waals surface area contributed by atoms with Gasteiger partial charge in [0.25, 0.3) is 5.91 Å². The molecule has 26 heavy (non-hydrogen) atoms. The summed E-state index contributed by atoms with van der Waals surface area (Å²) in [6, 6.07) is 16.0. The summed E-state index contributed by atoms with van der Waals surface area (Å²) >= 11 is 1.37. The summed E-state index contributed by atoms with van der Waals surface area (Å²) in [6.07, 6.45) is 3.53. The molecule has 2 amide bonds. The van der Waals surface area contributed by atoms with Gasteiger partial charge in [0, 0.05) is 36.4 Å². The SMILES string of the molecule is Cn1ccnc1SCC(=O)Nc1ccc(C(=O)Nc2ccccc2)cc1. The van der Waals surface area contributed by atoms with Crippen molar-refractivity contribution in [2.45, 2.75) is 5.16 Å². The number of hydrogen-bond acceptors (Lipinski definition) is 4. The minimum atomic E-state index is -0.195. The second-order valence-corrected chi connectivity index (χ2v) is 6.50. The molecule has 2 aromatic carbocycles. The lowest BCUT2D eigenvalue weighted by atomic mass is 10.2. The number of para-hydroxylation sites is 1. The zero-order chi connectivity index (χ0) is 18.4. The van der Waals surface area contributed by atoms with Crippen molar-refractivity contribution in [1.29, 1.82) is 0 Å². The Bertz CT molecular complexity index is 891. The lowest BCUT2D eigenvalue weighted by Gasteiger charge is -2.07. The summed E-state index contributed by atoms with van der Waals surface area (Å²) in [5.74, 6) is -0.0555. The molecule has 2 N–H and O–H groups in total. The van der Waals surface area contributed by atoms with E-state index in [1.165, 1.54) is 11.8 Å². The number of rotatable bonds is 6. The first kappa shape index (κ1) is 17.8. The molecule has 0 spiro atoms. The largest absolute Gasteiger partial charge is 0.329 e. The molecule has 0 unspecified atom stereocenters. The Kier molecular flexibility index (Phi) is 5.70. The standard InChI is InChI=1S/C19H18N4O2S/c1-23-12-11-20-19(23)26-13-17(24)21-16-9-7-14(8-10-16)18(25)22-15-5-3-2-4-6-15/h2-12H,13H2,1H3,(H,21,24)(H,22,25). The number of carbonyl (C=O) groups excluding carboxylic acids is 2. The highest BCUT2D eigenvalue weighted by molar-refractivity contribution is 7.99. The number of benzene rings is 2. The van der Waals surface area contributed by atoms with E-state index in [1.807, 2.05) is 48.1 Å². The van der Waals surface area contributed by atoms with Gasteiger partial charge in [-0.2, -0.15) is 0 Å². The summed E-state index contributed by atoms with van der Waals surface area (Å²) in [7, 11) is 1.88. The maximum Gasteiger partial charge on any atom is 0.255 e. The highest BCUT2D eigenvalue weighted by Crippen LogP contribution is 2.16. The van der Waals surface area contributed by atoms with E-state index in [0.29, 0.717) is 11.3 Å². The van der Waals surface area contributed by atoms with Gasteiger partial charge in [-0.1, -0.05) is 30.0 Å². The molecule has 1 heterocycles. The van der Waals surface area contributed by atoms with Crippen molar-refractivity contribution in [1.82, 2.24) is 9.55 Å². The van der Waals surface area contributed by atoms with E-state index in [0.717, 1.165) is 10.8 Å². The molecule has 1 aromatic heterocycles. The molecule has 0 saturated carbocycles. The van der Waals surface area contributed by atoms with Gasteiger partial charge in [-0.05, 0) is 36.4 Å². The zero-order valence-corrected chi connectivity index (χ0v) is 15.0. The van der Waals surface area contributed by atoms with E-state index < -0.39 is 0 Å². The van der Waals surface area contributed by atoms with Crippen LogP contribution in [0.2, 0.25) is 0 Å². The Hall–Kier alpha value is -3.06. The van der Waals surface area contributed by atoms with E-state index in [4.69, 9.17) is 0 Å². The smallest absolute Gasteiger partial charge is 0.255 e. The van der Waals surface area contributed by atoms with Gasteiger partial charge >= 0.3 is 0 Å². The van der Waals surface area contributed by atoms with E-state index in [9.17, 15) is 9.59 Å².